The number of carbonyl (C=O) groups excluding carboxylic acids is 2. The van der Waals surface area contributed by atoms with Gasteiger partial charge in [0, 0.05) is 19.3 Å². The number of amides is 2. The molecule has 0 saturated heterocycles. The first-order chi connectivity index (χ1) is 12.3. The number of aryl methyl sites for hydroxylation is 1. The highest BCUT2D eigenvalue weighted by atomic mass is 32.2. The number of hydrogen-bond acceptors (Lipinski definition) is 3. The molecular weight excluding hydrogens is 358 g/mol. The maximum absolute atomic E-state index is 13.2. The summed E-state index contributed by atoms with van der Waals surface area (Å²) in [5.74, 6) is -1.96. The number of hydrogen-bond donors (Lipinski definition) is 1. The molecule has 4 nitrogen and oxygen atoms in total. The lowest BCUT2D eigenvalue weighted by Gasteiger charge is -2.17. The number of carbonyl (C=O) groups is 2. The average molecular weight is 378 g/mol. The second kappa shape index (κ2) is 9.33. The van der Waals surface area contributed by atoms with Crippen molar-refractivity contribution in [2.75, 3.05) is 23.9 Å². The van der Waals surface area contributed by atoms with Crippen LogP contribution in [0.3, 0.4) is 0 Å². The first-order valence-electron chi connectivity index (χ1n) is 7.97. The van der Waals surface area contributed by atoms with Crippen molar-refractivity contribution in [2.24, 2.45) is 0 Å². The molecule has 26 heavy (non-hydrogen) atoms. The summed E-state index contributed by atoms with van der Waals surface area (Å²) < 4.78 is 26.1. The van der Waals surface area contributed by atoms with Crippen LogP contribution in [0.5, 0.6) is 0 Å². The van der Waals surface area contributed by atoms with Gasteiger partial charge in [0.15, 0.2) is 11.6 Å². The largest absolute Gasteiger partial charge is 0.341 e. The van der Waals surface area contributed by atoms with Gasteiger partial charge in [0.25, 0.3) is 0 Å². The zero-order valence-corrected chi connectivity index (χ0v) is 15.4. The van der Waals surface area contributed by atoms with Gasteiger partial charge in [-0.15, -0.1) is 11.8 Å². The van der Waals surface area contributed by atoms with Crippen molar-refractivity contribution >= 4 is 29.3 Å². The van der Waals surface area contributed by atoms with Crippen molar-refractivity contribution in [3.8, 4) is 0 Å². The maximum atomic E-state index is 13.2. The molecule has 0 aliphatic carbocycles. The third-order valence-corrected chi connectivity index (χ3v) is 4.51. The minimum Gasteiger partial charge on any atom is -0.341 e. The van der Waals surface area contributed by atoms with Gasteiger partial charge in [-0.3, -0.25) is 9.59 Å². The second-order valence-electron chi connectivity index (χ2n) is 5.91. The molecule has 0 aliphatic heterocycles. The van der Waals surface area contributed by atoms with Crippen LogP contribution >= 0.6 is 11.8 Å². The molecule has 1 N–H and O–H groups in total. The predicted octanol–water partition coefficient (Wildman–Crippen LogP) is 3.60. The molecule has 138 valence electrons. The molecule has 0 unspecified atom stereocenters. The molecule has 0 fully saturated rings. The number of halogens is 2. The van der Waals surface area contributed by atoms with Crippen LogP contribution in [0.1, 0.15) is 11.1 Å². The van der Waals surface area contributed by atoms with E-state index in [9.17, 15) is 18.4 Å². The van der Waals surface area contributed by atoms with Gasteiger partial charge in [0.05, 0.1) is 11.5 Å². The SMILES string of the molecule is Cc1cccc(NC(=O)CSCC(=O)N(C)Cc2ccc(F)c(F)c2)c1. The van der Waals surface area contributed by atoms with E-state index in [-0.39, 0.29) is 29.9 Å². The van der Waals surface area contributed by atoms with Gasteiger partial charge in [-0.25, -0.2) is 8.78 Å². The van der Waals surface area contributed by atoms with Crippen molar-refractivity contribution in [1.82, 2.24) is 4.90 Å². The Morgan fingerprint density at radius 2 is 1.85 bits per heavy atom. The molecule has 2 aromatic rings. The van der Waals surface area contributed by atoms with Crippen LogP contribution < -0.4 is 5.32 Å². The molecule has 0 spiro atoms. The number of thioether (sulfide) groups is 1. The third-order valence-electron chi connectivity index (χ3n) is 3.59. The zero-order chi connectivity index (χ0) is 19.1. The van der Waals surface area contributed by atoms with Crippen LogP contribution in [0.4, 0.5) is 14.5 Å². The molecular formula is C19H20F2N2O2S. The lowest BCUT2D eigenvalue weighted by atomic mass is 10.2. The number of rotatable bonds is 7. The quantitative estimate of drug-likeness (QED) is 0.801. The fourth-order valence-corrected chi connectivity index (χ4v) is 3.02. The summed E-state index contributed by atoms with van der Waals surface area (Å²) in [7, 11) is 1.58. The normalized spacial score (nSPS) is 10.5. The van der Waals surface area contributed by atoms with Gasteiger partial charge >= 0.3 is 0 Å². The highest BCUT2D eigenvalue weighted by Gasteiger charge is 2.12. The van der Waals surface area contributed by atoms with Crippen LogP contribution in [0.15, 0.2) is 42.5 Å². The Balaban J connectivity index is 1.75. The van der Waals surface area contributed by atoms with Crippen LogP contribution in [-0.2, 0) is 16.1 Å². The monoisotopic (exact) mass is 378 g/mol. The van der Waals surface area contributed by atoms with E-state index in [1.54, 1.807) is 13.1 Å². The van der Waals surface area contributed by atoms with Crippen molar-refractivity contribution in [1.29, 1.82) is 0 Å². The third kappa shape index (κ3) is 6.15. The zero-order valence-electron chi connectivity index (χ0n) is 14.6. The van der Waals surface area contributed by atoms with Crippen LogP contribution in [-0.4, -0.2) is 35.3 Å². The molecule has 0 bridgehead atoms. The van der Waals surface area contributed by atoms with Crippen molar-refractivity contribution in [3.63, 3.8) is 0 Å². The van der Waals surface area contributed by atoms with Crippen molar-refractivity contribution in [2.45, 2.75) is 13.5 Å². The molecule has 0 radical (unpaired) electrons. The van der Waals surface area contributed by atoms with E-state index in [1.807, 2.05) is 25.1 Å². The van der Waals surface area contributed by atoms with Crippen molar-refractivity contribution in [3.05, 3.63) is 65.2 Å². The van der Waals surface area contributed by atoms with Crippen LogP contribution in [0.25, 0.3) is 0 Å². The highest BCUT2D eigenvalue weighted by molar-refractivity contribution is 8.00. The van der Waals surface area contributed by atoms with Gasteiger partial charge in [-0.05, 0) is 42.3 Å². The molecule has 2 aromatic carbocycles. The summed E-state index contributed by atoms with van der Waals surface area (Å²) in [6.07, 6.45) is 0. The molecule has 0 atom stereocenters. The molecule has 0 aliphatic rings. The fraction of sp³-hybridized carbons (Fsp3) is 0.263. The van der Waals surface area contributed by atoms with Crippen molar-refractivity contribution < 1.29 is 18.4 Å². The molecule has 0 saturated carbocycles. The Morgan fingerprint density at radius 1 is 1.08 bits per heavy atom. The first kappa shape index (κ1) is 19.9. The predicted molar refractivity (Wildman–Crippen MR) is 100.0 cm³/mol. The Morgan fingerprint density at radius 3 is 2.54 bits per heavy atom. The number of nitrogens with one attached hydrogen (secondary N) is 1. The Kier molecular flexibility index (Phi) is 7.15. The highest BCUT2D eigenvalue weighted by Crippen LogP contribution is 2.13. The molecule has 0 heterocycles. The Bertz CT molecular complexity index is 799. The van der Waals surface area contributed by atoms with Gasteiger partial charge in [-0.2, -0.15) is 0 Å². The summed E-state index contributed by atoms with van der Waals surface area (Å²) in [5.41, 5.74) is 2.27. The van der Waals surface area contributed by atoms with Gasteiger partial charge in [-0.1, -0.05) is 18.2 Å². The smallest absolute Gasteiger partial charge is 0.234 e. The van der Waals surface area contributed by atoms with Crippen LogP contribution in [0.2, 0.25) is 0 Å². The van der Waals surface area contributed by atoms with E-state index in [0.717, 1.165) is 23.4 Å². The minimum absolute atomic E-state index is 0.126. The van der Waals surface area contributed by atoms with E-state index >= 15 is 0 Å². The Labute approximate surface area is 155 Å². The van der Waals surface area contributed by atoms with E-state index in [4.69, 9.17) is 0 Å². The fourth-order valence-electron chi connectivity index (χ4n) is 2.26. The summed E-state index contributed by atoms with van der Waals surface area (Å²) in [5, 5.41) is 2.78. The summed E-state index contributed by atoms with van der Waals surface area (Å²) in [4.78, 5) is 25.4. The van der Waals surface area contributed by atoms with E-state index in [1.165, 1.54) is 22.7 Å². The number of anilines is 1. The van der Waals surface area contributed by atoms with Gasteiger partial charge in [0.2, 0.25) is 11.8 Å². The molecule has 2 amide bonds. The maximum Gasteiger partial charge on any atom is 0.234 e. The molecule has 7 heteroatoms. The Hall–Kier alpha value is -2.41. The van der Waals surface area contributed by atoms with E-state index in [0.29, 0.717) is 5.56 Å². The first-order valence-corrected chi connectivity index (χ1v) is 9.13. The van der Waals surface area contributed by atoms with Gasteiger partial charge < -0.3 is 10.2 Å². The summed E-state index contributed by atoms with van der Waals surface area (Å²) >= 11 is 1.20. The van der Waals surface area contributed by atoms with Gasteiger partial charge in [0.1, 0.15) is 0 Å². The number of benzene rings is 2. The van der Waals surface area contributed by atoms with Crippen LogP contribution in [0, 0.1) is 18.6 Å². The standard InChI is InChI=1S/C19H20F2N2O2S/c1-13-4-3-5-15(8-13)22-18(24)11-26-12-19(25)23(2)10-14-6-7-16(20)17(21)9-14/h3-9H,10-12H2,1-2H3,(H,22,24). The minimum atomic E-state index is -0.939. The average Bonchev–Trinajstić information content (AvgIpc) is 2.58. The lowest BCUT2D eigenvalue weighted by molar-refractivity contribution is -0.127. The lowest BCUT2D eigenvalue weighted by Crippen LogP contribution is -2.28. The molecule has 0 aromatic heterocycles. The van der Waals surface area contributed by atoms with E-state index < -0.39 is 11.6 Å². The summed E-state index contributed by atoms with van der Waals surface area (Å²) in [6.45, 7) is 2.11. The number of nitrogens with zero attached hydrogens (tertiary/aromatic N) is 1. The summed E-state index contributed by atoms with van der Waals surface area (Å²) in [6, 6.07) is 11.0. The molecule has 2 rings (SSSR count). The van der Waals surface area contributed by atoms with E-state index in [2.05, 4.69) is 5.32 Å². The second-order valence-corrected chi connectivity index (χ2v) is 6.89. The topological polar surface area (TPSA) is 49.4 Å².